The van der Waals surface area contributed by atoms with Crippen LogP contribution in [0.3, 0.4) is 0 Å². The Morgan fingerprint density at radius 2 is 1.20 bits per heavy atom. The van der Waals surface area contributed by atoms with Gasteiger partial charge in [-0.3, -0.25) is 4.90 Å². The first-order valence-electron chi connectivity index (χ1n) is 16.9. The number of nitrogens with zero attached hydrogens (tertiary/aromatic N) is 6. The highest BCUT2D eigenvalue weighted by atomic mass is 16.5. The van der Waals surface area contributed by atoms with Crippen molar-refractivity contribution in [3.8, 4) is 11.4 Å². The van der Waals surface area contributed by atoms with Crippen molar-refractivity contribution in [3.05, 3.63) is 60.2 Å². The predicted octanol–water partition coefficient (Wildman–Crippen LogP) is 4.27. The Kier molecular flexibility index (Phi) is 8.24. The lowest BCUT2D eigenvalue weighted by Gasteiger charge is -2.38. The van der Waals surface area contributed by atoms with Crippen LogP contribution in [0.2, 0.25) is 0 Å². The van der Waals surface area contributed by atoms with E-state index in [4.69, 9.17) is 19.4 Å². The van der Waals surface area contributed by atoms with E-state index in [1.54, 1.807) is 0 Å². The number of rotatable bonds is 7. The molecule has 5 aliphatic rings. The number of anilines is 4. The van der Waals surface area contributed by atoms with Gasteiger partial charge in [-0.15, -0.1) is 0 Å². The van der Waals surface area contributed by atoms with Gasteiger partial charge in [0.1, 0.15) is 11.6 Å². The van der Waals surface area contributed by atoms with Crippen LogP contribution >= 0.6 is 0 Å². The van der Waals surface area contributed by atoms with Crippen LogP contribution in [0.4, 0.5) is 27.8 Å². The van der Waals surface area contributed by atoms with E-state index in [-0.39, 0.29) is 6.03 Å². The van der Waals surface area contributed by atoms with E-state index in [9.17, 15) is 4.79 Å². The number of benzene rings is 2. The Bertz CT molecular complexity index is 1450. The molecule has 242 valence electrons. The first kappa shape index (κ1) is 29.6. The zero-order valence-corrected chi connectivity index (χ0v) is 26.6. The number of aromatic nitrogens is 2. The van der Waals surface area contributed by atoms with E-state index in [2.05, 4.69) is 55.5 Å². The molecule has 0 spiro atoms. The number of ether oxygens (including phenoxy) is 2. The summed E-state index contributed by atoms with van der Waals surface area (Å²) in [6.45, 7) is 8.29. The molecule has 5 fully saturated rings. The summed E-state index contributed by atoms with van der Waals surface area (Å²) >= 11 is 0. The number of morpholine rings is 2. The summed E-state index contributed by atoms with van der Waals surface area (Å²) in [5.74, 6) is 2.67. The highest BCUT2D eigenvalue weighted by Gasteiger charge is 2.41. The lowest BCUT2D eigenvalue weighted by atomic mass is 10.1. The van der Waals surface area contributed by atoms with E-state index in [1.807, 2.05) is 36.4 Å². The van der Waals surface area contributed by atoms with Crippen molar-refractivity contribution in [1.29, 1.82) is 0 Å². The molecule has 5 aliphatic heterocycles. The second kappa shape index (κ2) is 12.8. The average Bonchev–Trinajstić information content (AvgIpc) is 3.48. The van der Waals surface area contributed by atoms with Crippen molar-refractivity contribution in [3.63, 3.8) is 0 Å². The molecule has 6 heterocycles. The fourth-order valence-electron chi connectivity index (χ4n) is 7.77. The quantitative estimate of drug-likeness (QED) is 0.400. The van der Waals surface area contributed by atoms with Crippen LogP contribution in [0.5, 0.6) is 0 Å². The van der Waals surface area contributed by atoms with Gasteiger partial charge in [-0.1, -0.05) is 12.1 Å². The van der Waals surface area contributed by atoms with Crippen LogP contribution in [0.15, 0.2) is 54.6 Å². The average molecular weight is 625 g/mol. The lowest BCUT2D eigenvalue weighted by Crippen LogP contribution is -2.48. The maximum atomic E-state index is 12.9. The number of piperazine rings is 1. The number of nitrogens with one attached hydrogen (secondary N) is 2. The van der Waals surface area contributed by atoms with Crippen LogP contribution in [0, 0.1) is 0 Å². The van der Waals surface area contributed by atoms with Gasteiger partial charge < -0.3 is 34.8 Å². The summed E-state index contributed by atoms with van der Waals surface area (Å²) in [5.41, 5.74) is 3.65. The molecule has 4 unspecified atom stereocenters. The van der Waals surface area contributed by atoms with Gasteiger partial charge in [-0.25, -0.2) is 14.8 Å². The Morgan fingerprint density at radius 3 is 1.70 bits per heavy atom. The minimum Gasteiger partial charge on any atom is -0.377 e. The van der Waals surface area contributed by atoms with Gasteiger partial charge in [0.05, 0.1) is 50.6 Å². The van der Waals surface area contributed by atoms with Gasteiger partial charge in [0.15, 0.2) is 5.82 Å². The first-order chi connectivity index (χ1) is 22.6. The van der Waals surface area contributed by atoms with Crippen molar-refractivity contribution >= 4 is 29.0 Å². The molecule has 8 rings (SSSR count). The smallest absolute Gasteiger partial charge is 0.323 e. The number of carbonyl (C=O) groups is 1. The summed E-state index contributed by atoms with van der Waals surface area (Å²) in [6, 6.07) is 19.3. The number of amides is 2. The fourth-order valence-corrected chi connectivity index (χ4v) is 7.77. The minimum absolute atomic E-state index is 0.273. The van der Waals surface area contributed by atoms with Crippen LogP contribution in [-0.4, -0.2) is 110 Å². The molecule has 1 aromatic heterocycles. The van der Waals surface area contributed by atoms with Crippen molar-refractivity contribution in [2.75, 3.05) is 80.1 Å². The van der Waals surface area contributed by atoms with E-state index in [0.29, 0.717) is 35.7 Å². The third kappa shape index (κ3) is 6.16. The van der Waals surface area contributed by atoms with E-state index in [1.165, 1.54) is 5.56 Å². The van der Waals surface area contributed by atoms with Crippen molar-refractivity contribution in [2.24, 2.45) is 0 Å². The molecule has 0 radical (unpaired) electrons. The molecule has 3 aromatic rings. The molecule has 11 nitrogen and oxygen atoms in total. The standard InChI is InChI=1S/C35H44N8O3/c1-40-14-16-41(17-15-40)19-24-2-6-26(7-3-24)36-35(44)37-27-8-4-25(5-9-27)34-38-32(42-28-10-11-29(42)21-45-20-28)18-33(39-34)43-30-12-13-31(43)23-46-22-30/h2-9,18,28-31H,10-17,19-23H2,1H3,(H2,36,37,44). The normalized spacial score (nSPS) is 26.4. The van der Waals surface area contributed by atoms with Crippen LogP contribution in [-0.2, 0) is 16.0 Å². The molecule has 0 saturated carbocycles. The molecule has 2 amide bonds. The van der Waals surface area contributed by atoms with Crippen molar-refractivity contribution in [1.82, 2.24) is 19.8 Å². The zero-order valence-electron chi connectivity index (χ0n) is 26.6. The molecule has 11 heteroatoms. The number of hydrogen-bond donors (Lipinski definition) is 2. The van der Waals surface area contributed by atoms with Crippen LogP contribution in [0.1, 0.15) is 31.2 Å². The molecule has 5 saturated heterocycles. The van der Waals surface area contributed by atoms with Gasteiger partial charge in [-0.05, 0) is 74.7 Å². The molecule has 46 heavy (non-hydrogen) atoms. The van der Waals surface area contributed by atoms with Gasteiger partial charge in [-0.2, -0.15) is 0 Å². The highest BCUT2D eigenvalue weighted by Crippen LogP contribution is 2.39. The summed E-state index contributed by atoms with van der Waals surface area (Å²) < 4.78 is 11.8. The van der Waals surface area contributed by atoms with Gasteiger partial charge >= 0.3 is 6.03 Å². The fraction of sp³-hybridized carbons (Fsp3) is 0.514. The number of likely N-dealkylation sites (N-methyl/N-ethyl adjacent to an activating group) is 1. The maximum Gasteiger partial charge on any atom is 0.323 e. The molecular formula is C35H44N8O3. The summed E-state index contributed by atoms with van der Waals surface area (Å²) in [7, 11) is 2.17. The highest BCUT2D eigenvalue weighted by molar-refractivity contribution is 5.99. The zero-order chi connectivity index (χ0) is 31.0. The summed E-state index contributed by atoms with van der Waals surface area (Å²) in [5, 5.41) is 5.93. The number of hydrogen-bond acceptors (Lipinski definition) is 9. The predicted molar refractivity (Wildman–Crippen MR) is 180 cm³/mol. The number of carbonyl (C=O) groups excluding carboxylic acids is 1. The third-order valence-electron chi connectivity index (χ3n) is 10.3. The van der Waals surface area contributed by atoms with Crippen LogP contribution in [0.25, 0.3) is 11.4 Å². The Balaban J connectivity index is 0.958. The SMILES string of the molecule is CN1CCN(Cc2ccc(NC(=O)Nc3ccc(-c4nc(N5C6CCC5COC6)cc(N5C6CCC5COC6)n4)cc3)cc2)CC1. The monoisotopic (exact) mass is 624 g/mol. The Hall–Kier alpha value is -3.77. The first-order valence-corrected chi connectivity index (χ1v) is 16.9. The molecular weight excluding hydrogens is 580 g/mol. The Morgan fingerprint density at radius 1 is 0.717 bits per heavy atom. The number of urea groups is 1. The van der Waals surface area contributed by atoms with E-state index < -0.39 is 0 Å². The molecule has 2 N–H and O–H groups in total. The Labute approximate surface area is 270 Å². The maximum absolute atomic E-state index is 12.9. The minimum atomic E-state index is -0.273. The topological polar surface area (TPSA) is 98.3 Å². The second-order valence-electron chi connectivity index (χ2n) is 13.5. The van der Waals surface area contributed by atoms with Gasteiger partial charge in [0.25, 0.3) is 0 Å². The number of fused-ring (bicyclic) bond motifs is 4. The summed E-state index contributed by atoms with van der Waals surface area (Å²) in [6.07, 6.45) is 4.52. The third-order valence-corrected chi connectivity index (χ3v) is 10.3. The molecule has 2 aromatic carbocycles. The van der Waals surface area contributed by atoms with Crippen molar-refractivity contribution < 1.29 is 14.3 Å². The van der Waals surface area contributed by atoms with Gasteiger partial charge in [0, 0.05) is 55.7 Å². The molecule has 4 atom stereocenters. The molecule has 0 aliphatic carbocycles. The summed E-state index contributed by atoms with van der Waals surface area (Å²) in [4.78, 5) is 32.9. The second-order valence-corrected chi connectivity index (χ2v) is 13.5. The lowest BCUT2D eigenvalue weighted by molar-refractivity contribution is 0.0894. The van der Waals surface area contributed by atoms with Gasteiger partial charge in [0.2, 0.25) is 0 Å². The largest absolute Gasteiger partial charge is 0.377 e. The van der Waals surface area contributed by atoms with E-state index >= 15 is 0 Å². The van der Waals surface area contributed by atoms with E-state index in [0.717, 1.165) is 108 Å². The molecule has 4 bridgehead atoms. The van der Waals surface area contributed by atoms with Crippen molar-refractivity contribution in [2.45, 2.75) is 56.4 Å². The van der Waals surface area contributed by atoms with Crippen LogP contribution < -0.4 is 20.4 Å².